The minimum Gasteiger partial charge on any atom is -0.299 e. The molecule has 1 unspecified atom stereocenters. The number of rotatable bonds is 2. The number of hydrogen-bond donors (Lipinski definition) is 0. The maximum absolute atomic E-state index is 11.4. The van der Waals surface area contributed by atoms with Crippen molar-refractivity contribution >= 4 is 17.1 Å². The van der Waals surface area contributed by atoms with Crippen LogP contribution in [0.15, 0.2) is 6.20 Å². The van der Waals surface area contributed by atoms with Crippen molar-refractivity contribution in [1.82, 2.24) is 9.88 Å². The molecule has 82 valence electrons. The summed E-state index contributed by atoms with van der Waals surface area (Å²) in [6, 6.07) is 0. The molecule has 0 N–H and O–H groups in total. The van der Waals surface area contributed by atoms with Crippen LogP contribution < -0.4 is 0 Å². The van der Waals surface area contributed by atoms with E-state index in [1.54, 1.807) is 11.3 Å². The van der Waals surface area contributed by atoms with Crippen LogP contribution in [0.4, 0.5) is 0 Å². The first-order chi connectivity index (χ1) is 7.15. The SMILES string of the molecule is Cc1cnc(CN2CCC(=O)C(C)C2)s1. The predicted molar refractivity (Wildman–Crippen MR) is 60.9 cm³/mol. The second-order valence-electron chi connectivity index (χ2n) is 4.22. The average Bonchev–Trinajstić information content (AvgIpc) is 2.58. The van der Waals surface area contributed by atoms with Crippen molar-refractivity contribution in [2.45, 2.75) is 26.8 Å². The first kappa shape index (κ1) is 10.8. The molecular weight excluding hydrogens is 208 g/mol. The quantitative estimate of drug-likeness (QED) is 0.769. The first-order valence-electron chi connectivity index (χ1n) is 5.31. The van der Waals surface area contributed by atoms with E-state index in [-0.39, 0.29) is 5.92 Å². The Kier molecular flexibility index (Phi) is 3.17. The highest BCUT2D eigenvalue weighted by Crippen LogP contribution is 2.18. The number of carbonyl (C=O) groups excluding carboxylic acids is 1. The van der Waals surface area contributed by atoms with E-state index in [9.17, 15) is 4.79 Å². The van der Waals surface area contributed by atoms with E-state index in [0.29, 0.717) is 12.2 Å². The van der Waals surface area contributed by atoms with Crippen molar-refractivity contribution in [1.29, 1.82) is 0 Å². The molecule has 1 aliphatic rings. The lowest BCUT2D eigenvalue weighted by molar-refractivity contribution is -0.125. The molecule has 2 heterocycles. The standard InChI is InChI=1S/C11H16N2OS/c1-8-6-13(4-3-10(8)14)7-11-12-5-9(2)15-11/h5,8H,3-4,6-7H2,1-2H3. The van der Waals surface area contributed by atoms with Gasteiger partial charge < -0.3 is 0 Å². The Hall–Kier alpha value is -0.740. The van der Waals surface area contributed by atoms with Crippen LogP contribution in [0.2, 0.25) is 0 Å². The number of Topliss-reactive ketones (excluding diaryl/α,β-unsaturated/α-hetero) is 1. The van der Waals surface area contributed by atoms with Crippen molar-refractivity contribution in [3.05, 3.63) is 16.1 Å². The third-order valence-corrected chi connectivity index (χ3v) is 3.68. The van der Waals surface area contributed by atoms with E-state index in [1.165, 1.54) is 4.88 Å². The number of likely N-dealkylation sites (tertiary alicyclic amines) is 1. The van der Waals surface area contributed by atoms with Crippen LogP contribution in [0.25, 0.3) is 0 Å². The van der Waals surface area contributed by atoms with E-state index in [2.05, 4.69) is 16.8 Å². The van der Waals surface area contributed by atoms with Crippen molar-refractivity contribution < 1.29 is 4.79 Å². The fraction of sp³-hybridized carbons (Fsp3) is 0.636. The normalized spacial score (nSPS) is 23.3. The summed E-state index contributed by atoms with van der Waals surface area (Å²) in [4.78, 5) is 19.3. The highest BCUT2D eigenvalue weighted by Gasteiger charge is 2.23. The van der Waals surface area contributed by atoms with Gasteiger partial charge in [0.15, 0.2) is 0 Å². The van der Waals surface area contributed by atoms with Gasteiger partial charge in [0.1, 0.15) is 10.8 Å². The van der Waals surface area contributed by atoms with E-state index in [4.69, 9.17) is 0 Å². The Balaban J connectivity index is 1.93. The fourth-order valence-electron chi connectivity index (χ4n) is 1.90. The number of hydrogen-bond acceptors (Lipinski definition) is 4. The van der Waals surface area contributed by atoms with E-state index in [1.807, 2.05) is 13.1 Å². The largest absolute Gasteiger partial charge is 0.299 e. The van der Waals surface area contributed by atoms with E-state index < -0.39 is 0 Å². The lowest BCUT2D eigenvalue weighted by atomic mass is 9.99. The molecule has 2 rings (SSSR count). The van der Waals surface area contributed by atoms with Gasteiger partial charge in [-0.25, -0.2) is 4.98 Å². The zero-order valence-electron chi connectivity index (χ0n) is 9.19. The van der Waals surface area contributed by atoms with Crippen LogP contribution in [-0.4, -0.2) is 28.8 Å². The number of nitrogens with zero attached hydrogens (tertiary/aromatic N) is 2. The molecular formula is C11H16N2OS. The summed E-state index contributed by atoms with van der Waals surface area (Å²) < 4.78 is 0. The molecule has 1 atom stereocenters. The zero-order valence-corrected chi connectivity index (χ0v) is 10.0. The smallest absolute Gasteiger partial charge is 0.138 e. The lowest BCUT2D eigenvalue weighted by Crippen LogP contribution is -2.38. The van der Waals surface area contributed by atoms with Gasteiger partial charge in [-0.2, -0.15) is 0 Å². The van der Waals surface area contributed by atoms with Crippen molar-refractivity contribution in [2.24, 2.45) is 5.92 Å². The van der Waals surface area contributed by atoms with Gasteiger partial charge in [0, 0.05) is 36.5 Å². The van der Waals surface area contributed by atoms with E-state index in [0.717, 1.165) is 24.6 Å². The molecule has 4 heteroatoms. The van der Waals surface area contributed by atoms with Gasteiger partial charge in [0.2, 0.25) is 0 Å². The molecule has 0 aliphatic carbocycles. The number of ketones is 1. The molecule has 1 aliphatic heterocycles. The maximum atomic E-state index is 11.4. The van der Waals surface area contributed by atoms with Crippen LogP contribution >= 0.6 is 11.3 Å². The number of piperidine rings is 1. The average molecular weight is 224 g/mol. The monoisotopic (exact) mass is 224 g/mol. The molecule has 0 aromatic carbocycles. The Labute approximate surface area is 94.1 Å². The second-order valence-corrected chi connectivity index (χ2v) is 5.54. The Morgan fingerprint density at radius 2 is 2.47 bits per heavy atom. The Morgan fingerprint density at radius 1 is 1.67 bits per heavy atom. The van der Waals surface area contributed by atoms with Gasteiger partial charge in [-0.15, -0.1) is 11.3 Å². The highest BCUT2D eigenvalue weighted by atomic mass is 32.1. The highest BCUT2D eigenvalue weighted by molar-refractivity contribution is 7.11. The Bertz CT molecular complexity index is 361. The summed E-state index contributed by atoms with van der Waals surface area (Å²) in [6.45, 7) is 6.76. The van der Waals surface area contributed by atoms with Crippen molar-refractivity contribution in [3.63, 3.8) is 0 Å². The molecule has 1 fully saturated rings. The maximum Gasteiger partial charge on any atom is 0.138 e. The summed E-state index contributed by atoms with van der Waals surface area (Å²) >= 11 is 1.75. The molecule has 3 nitrogen and oxygen atoms in total. The van der Waals surface area contributed by atoms with Crippen LogP contribution in [0.3, 0.4) is 0 Å². The van der Waals surface area contributed by atoms with Gasteiger partial charge in [-0.05, 0) is 6.92 Å². The molecule has 0 radical (unpaired) electrons. The summed E-state index contributed by atoms with van der Waals surface area (Å²) in [5.41, 5.74) is 0. The lowest BCUT2D eigenvalue weighted by Gasteiger charge is -2.28. The first-order valence-corrected chi connectivity index (χ1v) is 6.13. The Morgan fingerprint density at radius 3 is 3.07 bits per heavy atom. The minimum atomic E-state index is 0.194. The fourth-order valence-corrected chi connectivity index (χ4v) is 2.73. The molecule has 1 aromatic heterocycles. The molecule has 0 saturated carbocycles. The summed E-state index contributed by atoms with van der Waals surface area (Å²) in [5, 5.41) is 1.16. The van der Waals surface area contributed by atoms with Crippen molar-refractivity contribution in [2.75, 3.05) is 13.1 Å². The molecule has 15 heavy (non-hydrogen) atoms. The predicted octanol–water partition coefficient (Wildman–Crippen LogP) is 1.86. The van der Waals surface area contributed by atoms with Crippen LogP contribution in [0.1, 0.15) is 23.2 Å². The molecule has 1 saturated heterocycles. The van der Waals surface area contributed by atoms with Gasteiger partial charge >= 0.3 is 0 Å². The third kappa shape index (κ3) is 2.63. The number of aryl methyl sites for hydroxylation is 1. The van der Waals surface area contributed by atoms with E-state index >= 15 is 0 Å². The van der Waals surface area contributed by atoms with Crippen molar-refractivity contribution in [3.8, 4) is 0 Å². The molecule has 0 bridgehead atoms. The third-order valence-electron chi connectivity index (χ3n) is 2.78. The molecule has 1 aromatic rings. The topological polar surface area (TPSA) is 33.2 Å². The summed E-state index contributed by atoms with van der Waals surface area (Å²) in [6.07, 6.45) is 2.62. The van der Waals surface area contributed by atoms with Crippen LogP contribution in [0, 0.1) is 12.8 Å². The molecule has 0 amide bonds. The van der Waals surface area contributed by atoms with Gasteiger partial charge in [-0.1, -0.05) is 6.92 Å². The second kappa shape index (κ2) is 4.41. The van der Waals surface area contributed by atoms with Gasteiger partial charge in [-0.3, -0.25) is 9.69 Å². The number of aromatic nitrogens is 1. The van der Waals surface area contributed by atoms with Crippen LogP contribution in [-0.2, 0) is 11.3 Å². The molecule has 0 spiro atoms. The summed E-state index contributed by atoms with van der Waals surface area (Å²) in [5.74, 6) is 0.598. The zero-order chi connectivity index (χ0) is 10.8. The van der Waals surface area contributed by atoms with Crippen LogP contribution in [0.5, 0.6) is 0 Å². The summed E-state index contributed by atoms with van der Waals surface area (Å²) in [7, 11) is 0. The number of carbonyl (C=O) groups is 1. The van der Waals surface area contributed by atoms with Gasteiger partial charge in [0.05, 0.1) is 6.54 Å². The minimum absolute atomic E-state index is 0.194. The number of thiazole rings is 1. The van der Waals surface area contributed by atoms with Gasteiger partial charge in [0.25, 0.3) is 0 Å².